The van der Waals surface area contributed by atoms with Gasteiger partial charge in [-0.05, 0) is 18.8 Å². The van der Waals surface area contributed by atoms with Crippen LogP contribution in [0.25, 0.3) is 0 Å². The molecule has 1 N–H and O–H groups in total. The Balaban J connectivity index is 2.61. The molecule has 1 saturated heterocycles. The molecule has 7 nitrogen and oxygen atoms in total. The lowest BCUT2D eigenvalue weighted by atomic mass is 9.95. The van der Waals surface area contributed by atoms with E-state index < -0.39 is 5.97 Å². The summed E-state index contributed by atoms with van der Waals surface area (Å²) < 4.78 is 0. The molecule has 1 fully saturated rings. The number of urea groups is 1. The summed E-state index contributed by atoms with van der Waals surface area (Å²) in [6.07, 6.45) is 1.18. The monoisotopic (exact) mass is 313 g/mol. The molecule has 0 aromatic carbocycles. The predicted octanol–water partition coefficient (Wildman–Crippen LogP) is 0.949. The molecule has 0 aliphatic carbocycles. The van der Waals surface area contributed by atoms with Crippen molar-refractivity contribution >= 4 is 17.9 Å². The predicted molar refractivity (Wildman–Crippen MR) is 82.4 cm³/mol. The Morgan fingerprint density at radius 2 is 1.73 bits per heavy atom. The molecule has 3 amide bonds. The number of carboxylic acids is 1. The largest absolute Gasteiger partial charge is 0.480 e. The van der Waals surface area contributed by atoms with E-state index in [0.29, 0.717) is 32.5 Å². The molecule has 1 heterocycles. The van der Waals surface area contributed by atoms with Gasteiger partial charge in [-0.3, -0.25) is 9.59 Å². The van der Waals surface area contributed by atoms with E-state index in [1.54, 1.807) is 19.0 Å². The molecule has 0 bridgehead atoms. The summed E-state index contributed by atoms with van der Waals surface area (Å²) in [7, 11) is 3.41. The van der Waals surface area contributed by atoms with E-state index in [0.717, 1.165) is 0 Å². The van der Waals surface area contributed by atoms with Gasteiger partial charge in [0.15, 0.2) is 0 Å². The lowest BCUT2D eigenvalue weighted by molar-refractivity contribution is -0.147. The van der Waals surface area contributed by atoms with Gasteiger partial charge in [-0.1, -0.05) is 13.8 Å². The molecule has 0 atom stereocenters. The quantitative estimate of drug-likeness (QED) is 0.819. The summed E-state index contributed by atoms with van der Waals surface area (Å²) in [6, 6.07) is -0.0459. The van der Waals surface area contributed by atoms with Gasteiger partial charge < -0.3 is 19.8 Å². The molecule has 0 radical (unpaired) electrons. The van der Waals surface area contributed by atoms with Gasteiger partial charge in [0.2, 0.25) is 5.91 Å². The Labute approximate surface area is 131 Å². The summed E-state index contributed by atoms with van der Waals surface area (Å²) in [5, 5.41) is 8.97. The SMILES string of the molecule is CC(C)CN(CC(=O)O)C(=O)C1CCN(C(=O)N(C)C)CC1. The van der Waals surface area contributed by atoms with Crippen LogP contribution < -0.4 is 0 Å². The summed E-state index contributed by atoms with van der Waals surface area (Å²) in [6.45, 7) is 5.18. The van der Waals surface area contributed by atoms with Crippen molar-refractivity contribution in [2.45, 2.75) is 26.7 Å². The number of carbonyl (C=O) groups excluding carboxylic acids is 2. The average Bonchev–Trinajstić information content (AvgIpc) is 2.44. The third kappa shape index (κ3) is 5.20. The molecule has 1 rings (SSSR count). The maximum absolute atomic E-state index is 12.5. The van der Waals surface area contributed by atoms with Crippen LogP contribution in [0.2, 0.25) is 0 Å². The smallest absolute Gasteiger partial charge is 0.323 e. The maximum Gasteiger partial charge on any atom is 0.323 e. The third-order valence-electron chi connectivity index (χ3n) is 3.72. The lowest BCUT2D eigenvalue weighted by Gasteiger charge is -2.35. The molecular formula is C15H27N3O4. The van der Waals surface area contributed by atoms with Crippen LogP contribution in [0.5, 0.6) is 0 Å². The number of hydrogen-bond acceptors (Lipinski definition) is 3. The number of likely N-dealkylation sites (tertiary alicyclic amines) is 1. The van der Waals surface area contributed by atoms with Crippen molar-refractivity contribution in [2.75, 3.05) is 40.3 Å². The molecule has 1 aliphatic rings. The van der Waals surface area contributed by atoms with Crippen LogP contribution in [-0.2, 0) is 9.59 Å². The zero-order valence-corrected chi connectivity index (χ0v) is 13.9. The molecule has 126 valence electrons. The number of piperidine rings is 1. The fourth-order valence-corrected chi connectivity index (χ4v) is 2.70. The maximum atomic E-state index is 12.5. The van der Waals surface area contributed by atoms with Gasteiger partial charge >= 0.3 is 12.0 Å². The van der Waals surface area contributed by atoms with E-state index in [9.17, 15) is 14.4 Å². The number of amides is 3. The van der Waals surface area contributed by atoms with Crippen molar-refractivity contribution in [3.05, 3.63) is 0 Å². The number of hydrogen-bond donors (Lipinski definition) is 1. The molecule has 1 aliphatic heterocycles. The van der Waals surface area contributed by atoms with Crippen LogP contribution in [0, 0.1) is 11.8 Å². The highest BCUT2D eigenvalue weighted by atomic mass is 16.4. The van der Waals surface area contributed by atoms with Crippen molar-refractivity contribution in [2.24, 2.45) is 11.8 Å². The van der Waals surface area contributed by atoms with Gasteiger partial charge in [0.05, 0.1) is 0 Å². The van der Waals surface area contributed by atoms with Crippen molar-refractivity contribution < 1.29 is 19.5 Å². The Morgan fingerprint density at radius 1 is 1.18 bits per heavy atom. The average molecular weight is 313 g/mol. The van der Waals surface area contributed by atoms with Crippen molar-refractivity contribution in [3.8, 4) is 0 Å². The minimum Gasteiger partial charge on any atom is -0.480 e. The van der Waals surface area contributed by atoms with E-state index in [2.05, 4.69) is 0 Å². The van der Waals surface area contributed by atoms with Crippen LogP contribution >= 0.6 is 0 Å². The van der Waals surface area contributed by atoms with E-state index in [1.165, 1.54) is 9.80 Å². The van der Waals surface area contributed by atoms with Gasteiger partial charge in [0, 0.05) is 39.6 Å². The van der Waals surface area contributed by atoms with Crippen molar-refractivity contribution in [1.82, 2.24) is 14.7 Å². The van der Waals surface area contributed by atoms with E-state index >= 15 is 0 Å². The third-order valence-corrected chi connectivity index (χ3v) is 3.72. The van der Waals surface area contributed by atoms with Gasteiger partial charge in [0.1, 0.15) is 6.54 Å². The first-order valence-corrected chi connectivity index (χ1v) is 7.69. The Hall–Kier alpha value is -1.79. The molecule has 22 heavy (non-hydrogen) atoms. The lowest BCUT2D eigenvalue weighted by Crippen LogP contribution is -2.48. The van der Waals surface area contributed by atoms with Gasteiger partial charge in [-0.2, -0.15) is 0 Å². The van der Waals surface area contributed by atoms with Crippen molar-refractivity contribution in [1.29, 1.82) is 0 Å². The van der Waals surface area contributed by atoms with Crippen LogP contribution in [0.3, 0.4) is 0 Å². The number of carbonyl (C=O) groups is 3. The zero-order valence-electron chi connectivity index (χ0n) is 13.9. The van der Waals surface area contributed by atoms with Crippen LogP contribution in [0.4, 0.5) is 4.79 Å². The minimum absolute atomic E-state index is 0.0459. The summed E-state index contributed by atoms with van der Waals surface area (Å²) in [5.74, 6) is -1.06. The molecular weight excluding hydrogens is 286 g/mol. The fraction of sp³-hybridized carbons (Fsp3) is 0.800. The topological polar surface area (TPSA) is 81.2 Å². The van der Waals surface area contributed by atoms with Gasteiger partial charge in [0.25, 0.3) is 0 Å². The Kier molecular flexibility index (Phi) is 6.64. The molecule has 0 saturated carbocycles. The van der Waals surface area contributed by atoms with E-state index in [1.807, 2.05) is 13.8 Å². The van der Waals surface area contributed by atoms with Crippen LogP contribution in [0.15, 0.2) is 0 Å². The van der Waals surface area contributed by atoms with Gasteiger partial charge in [-0.25, -0.2) is 4.79 Å². The second-order valence-electron chi connectivity index (χ2n) is 6.44. The first-order chi connectivity index (χ1) is 10.2. The number of aliphatic carboxylic acids is 1. The van der Waals surface area contributed by atoms with Gasteiger partial charge in [-0.15, -0.1) is 0 Å². The first-order valence-electron chi connectivity index (χ1n) is 7.69. The Morgan fingerprint density at radius 3 is 2.14 bits per heavy atom. The molecule has 7 heteroatoms. The standard InChI is InChI=1S/C15H27N3O4/c1-11(2)9-18(10-13(19)20)14(21)12-5-7-17(8-6-12)15(22)16(3)4/h11-12H,5-10H2,1-4H3,(H,19,20). The zero-order chi connectivity index (χ0) is 16.9. The van der Waals surface area contributed by atoms with Crippen molar-refractivity contribution in [3.63, 3.8) is 0 Å². The van der Waals surface area contributed by atoms with E-state index in [4.69, 9.17) is 5.11 Å². The highest BCUT2D eigenvalue weighted by Crippen LogP contribution is 2.21. The number of rotatable bonds is 5. The second-order valence-corrected chi connectivity index (χ2v) is 6.44. The highest BCUT2D eigenvalue weighted by Gasteiger charge is 2.31. The van der Waals surface area contributed by atoms with Crippen LogP contribution in [0.1, 0.15) is 26.7 Å². The minimum atomic E-state index is -0.991. The molecule has 0 aromatic heterocycles. The van der Waals surface area contributed by atoms with E-state index in [-0.39, 0.29) is 30.3 Å². The normalized spacial score (nSPS) is 15.8. The summed E-state index contributed by atoms with van der Waals surface area (Å²) in [5.41, 5.74) is 0. The highest BCUT2D eigenvalue weighted by molar-refractivity contribution is 5.83. The first kappa shape index (κ1) is 18.3. The molecule has 0 aromatic rings. The van der Waals surface area contributed by atoms with Crippen LogP contribution in [-0.4, -0.2) is 78.0 Å². The molecule has 0 unspecified atom stereocenters. The molecule has 0 spiro atoms. The summed E-state index contributed by atoms with van der Waals surface area (Å²) >= 11 is 0. The number of nitrogens with zero attached hydrogens (tertiary/aromatic N) is 3. The second kappa shape index (κ2) is 8.00. The fourth-order valence-electron chi connectivity index (χ4n) is 2.70. The Bertz CT molecular complexity index is 415. The number of carboxylic acid groups (broad SMARTS) is 1. The summed E-state index contributed by atoms with van der Waals surface area (Å²) in [4.78, 5) is 40.0.